The first kappa shape index (κ1) is 15.8. The zero-order valence-corrected chi connectivity index (χ0v) is 12.4. The summed E-state index contributed by atoms with van der Waals surface area (Å²) in [7, 11) is 1.38. The second-order valence-corrected chi connectivity index (χ2v) is 5.17. The van der Waals surface area contributed by atoms with Crippen molar-refractivity contribution in [3.05, 3.63) is 57.8 Å². The number of aromatic nitrogens is 1. The summed E-state index contributed by atoms with van der Waals surface area (Å²) in [5, 5.41) is 10.3. The van der Waals surface area contributed by atoms with Gasteiger partial charge >= 0.3 is 6.18 Å². The lowest BCUT2D eigenvalue weighted by Crippen LogP contribution is -2.13. The van der Waals surface area contributed by atoms with E-state index in [4.69, 9.17) is 4.74 Å². The molecule has 2 rings (SSSR count). The Labute approximate surface area is 127 Å². The summed E-state index contributed by atoms with van der Waals surface area (Å²) in [6.07, 6.45) is -4.01. The molecule has 112 valence electrons. The summed E-state index contributed by atoms with van der Waals surface area (Å²) in [6.45, 7) is 0. The second kappa shape index (κ2) is 6.03. The Bertz CT molecular complexity index is 646. The summed E-state index contributed by atoms with van der Waals surface area (Å²) in [5.74, 6) is 0.286. The quantitative estimate of drug-likeness (QED) is 0.899. The van der Waals surface area contributed by atoms with E-state index in [2.05, 4.69) is 20.9 Å². The van der Waals surface area contributed by atoms with Crippen molar-refractivity contribution in [2.45, 2.75) is 12.3 Å². The Morgan fingerprint density at radius 2 is 1.95 bits per heavy atom. The smallest absolute Gasteiger partial charge is 0.416 e. The molecule has 1 atom stereocenters. The van der Waals surface area contributed by atoms with Crippen molar-refractivity contribution >= 4 is 15.9 Å². The van der Waals surface area contributed by atoms with Gasteiger partial charge in [0.05, 0.1) is 12.7 Å². The van der Waals surface area contributed by atoms with Crippen LogP contribution in [-0.4, -0.2) is 17.2 Å². The van der Waals surface area contributed by atoms with E-state index in [0.29, 0.717) is 4.47 Å². The van der Waals surface area contributed by atoms with Crippen molar-refractivity contribution in [2.75, 3.05) is 7.11 Å². The Hall–Kier alpha value is -1.60. The zero-order chi connectivity index (χ0) is 15.6. The molecule has 1 N–H and O–H groups in total. The minimum absolute atomic E-state index is 0.235. The maximum atomic E-state index is 13.0. The van der Waals surface area contributed by atoms with Crippen molar-refractivity contribution < 1.29 is 23.0 Å². The summed E-state index contributed by atoms with van der Waals surface area (Å²) in [4.78, 5) is 3.67. The molecule has 0 aliphatic rings. The monoisotopic (exact) mass is 361 g/mol. The molecule has 21 heavy (non-hydrogen) atoms. The van der Waals surface area contributed by atoms with Crippen molar-refractivity contribution in [3.8, 4) is 5.75 Å². The number of methoxy groups -OCH3 is 1. The SMILES string of the molecule is COc1cc(Br)ccc1C(O)c1cnccc1C(F)(F)F. The Kier molecular flexibility index (Phi) is 4.53. The fourth-order valence-corrected chi connectivity index (χ4v) is 2.30. The predicted octanol–water partition coefficient (Wildman–Crippen LogP) is 3.95. The van der Waals surface area contributed by atoms with Crippen LogP contribution in [0.25, 0.3) is 0 Å². The number of aliphatic hydroxyl groups excluding tert-OH is 1. The zero-order valence-electron chi connectivity index (χ0n) is 10.9. The lowest BCUT2D eigenvalue weighted by Gasteiger charge is -2.19. The predicted molar refractivity (Wildman–Crippen MR) is 74.0 cm³/mol. The van der Waals surface area contributed by atoms with Gasteiger partial charge in [-0.25, -0.2) is 0 Å². The third-order valence-corrected chi connectivity index (χ3v) is 3.44. The van der Waals surface area contributed by atoms with Crippen LogP contribution in [0.4, 0.5) is 13.2 Å². The van der Waals surface area contributed by atoms with Gasteiger partial charge in [0.1, 0.15) is 11.9 Å². The van der Waals surface area contributed by atoms with Crippen molar-refractivity contribution in [3.63, 3.8) is 0 Å². The summed E-state index contributed by atoms with van der Waals surface area (Å²) in [6, 6.07) is 5.53. The van der Waals surface area contributed by atoms with Crippen LogP contribution < -0.4 is 4.74 Å². The maximum absolute atomic E-state index is 13.0. The molecule has 7 heteroatoms. The molecule has 0 aliphatic heterocycles. The number of halogens is 4. The molecule has 1 aromatic carbocycles. The van der Waals surface area contributed by atoms with Crippen LogP contribution in [0.15, 0.2) is 41.1 Å². The van der Waals surface area contributed by atoms with Crippen LogP contribution in [0.1, 0.15) is 22.8 Å². The van der Waals surface area contributed by atoms with E-state index >= 15 is 0 Å². The van der Waals surface area contributed by atoms with Gasteiger partial charge in [0.2, 0.25) is 0 Å². The first-order valence-corrected chi connectivity index (χ1v) is 6.66. The minimum Gasteiger partial charge on any atom is -0.496 e. The molecular formula is C14H11BrF3NO2. The van der Waals surface area contributed by atoms with E-state index in [-0.39, 0.29) is 16.9 Å². The number of rotatable bonds is 3. The highest BCUT2D eigenvalue weighted by molar-refractivity contribution is 9.10. The maximum Gasteiger partial charge on any atom is 0.416 e. The highest BCUT2D eigenvalue weighted by Crippen LogP contribution is 2.38. The summed E-state index contributed by atoms with van der Waals surface area (Å²) < 4.78 is 44.8. The number of pyridine rings is 1. The van der Waals surface area contributed by atoms with Gasteiger partial charge in [0.15, 0.2) is 0 Å². The van der Waals surface area contributed by atoms with E-state index in [1.807, 2.05) is 0 Å². The topological polar surface area (TPSA) is 42.4 Å². The van der Waals surface area contributed by atoms with Gasteiger partial charge in [-0.1, -0.05) is 22.0 Å². The van der Waals surface area contributed by atoms with Crippen molar-refractivity contribution in [1.82, 2.24) is 4.98 Å². The molecular weight excluding hydrogens is 351 g/mol. The molecule has 2 aromatic rings. The Morgan fingerprint density at radius 3 is 2.57 bits per heavy atom. The van der Waals surface area contributed by atoms with Gasteiger partial charge in [-0.2, -0.15) is 13.2 Å². The van der Waals surface area contributed by atoms with Crippen LogP contribution >= 0.6 is 15.9 Å². The average molecular weight is 362 g/mol. The number of aliphatic hydroxyl groups is 1. The number of ether oxygens (including phenoxy) is 1. The Morgan fingerprint density at radius 1 is 1.24 bits per heavy atom. The first-order valence-electron chi connectivity index (χ1n) is 5.87. The van der Waals surface area contributed by atoms with Crippen LogP contribution in [0.5, 0.6) is 5.75 Å². The minimum atomic E-state index is -4.57. The van der Waals surface area contributed by atoms with Crippen LogP contribution in [0.2, 0.25) is 0 Å². The largest absolute Gasteiger partial charge is 0.496 e. The lowest BCUT2D eigenvalue weighted by molar-refractivity contribution is -0.139. The molecule has 0 spiro atoms. The fourth-order valence-electron chi connectivity index (χ4n) is 1.96. The van der Waals surface area contributed by atoms with E-state index < -0.39 is 17.8 Å². The molecule has 0 saturated carbocycles. The first-order chi connectivity index (χ1) is 9.84. The highest BCUT2D eigenvalue weighted by atomic mass is 79.9. The molecule has 0 aliphatic carbocycles. The van der Waals surface area contributed by atoms with Gasteiger partial charge in [-0.3, -0.25) is 4.98 Å². The Balaban J connectivity index is 2.53. The number of nitrogens with zero attached hydrogens (tertiary/aromatic N) is 1. The second-order valence-electron chi connectivity index (χ2n) is 4.25. The van der Waals surface area contributed by atoms with Crippen molar-refractivity contribution in [2.24, 2.45) is 0 Å². The molecule has 1 unspecified atom stereocenters. The van der Waals surface area contributed by atoms with Crippen LogP contribution in [-0.2, 0) is 6.18 Å². The van der Waals surface area contributed by atoms with Crippen LogP contribution in [0, 0.1) is 0 Å². The molecule has 1 aromatic heterocycles. The lowest BCUT2D eigenvalue weighted by atomic mass is 9.98. The summed E-state index contributed by atoms with van der Waals surface area (Å²) >= 11 is 3.23. The highest BCUT2D eigenvalue weighted by Gasteiger charge is 2.35. The molecule has 0 saturated heterocycles. The normalized spacial score (nSPS) is 13.0. The van der Waals surface area contributed by atoms with Crippen LogP contribution in [0.3, 0.4) is 0 Å². The van der Waals surface area contributed by atoms with E-state index in [9.17, 15) is 18.3 Å². The molecule has 0 amide bonds. The van der Waals surface area contributed by atoms with Crippen molar-refractivity contribution in [1.29, 1.82) is 0 Å². The third-order valence-electron chi connectivity index (χ3n) is 2.94. The standard InChI is InChI=1S/C14H11BrF3NO2/c1-21-12-6-8(15)2-3-9(12)13(20)10-7-19-5-4-11(10)14(16,17)18/h2-7,13,20H,1H3. The average Bonchev–Trinajstić information content (AvgIpc) is 2.45. The molecule has 0 radical (unpaired) electrons. The number of benzene rings is 1. The molecule has 3 nitrogen and oxygen atoms in total. The van der Waals surface area contributed by atoms with E-state index in [1.54, 1.807) is 12.1 Å². The van der Waals surface area contributed by atoms with Gasteiger partial charge in [-0.15, -0.1) is 0 Å². The number of alkyl halides is 3. The van der Waals surface area contributed by atoms with Gasteiger partial charge < -0.3 is 9.84 Å². The van der Waals surface area contributed by atoms with Gasteiger partial charge in [0.25, 0.3) is 0 Å². The van der Waals surface area contributed by atoms with E-state index in [1.165, 1.54) is 13.2 Å². The van der Waals surface area contributed by atoms with Gasteiger partial charge in [0, 0.05) is 28.0 Å². The summed E-state index contributed by atoms with van der Waals surface area (Å²) in [5.41, 5.74) is -1.00. The number of hydrogen-bond donors (Lipinski definition) is 1. The molecule has 0 fully saturated rings. The molecule has 1 heterocycles. The van der Waals surface area contributed by atoms with Gasteiger partial charge in [-0.05, 0) is 18.2 Å². The fraction of sp³-hybridized carbons (Fsp3) is 0.214. The van der Waals surface area contributed by atoms with E-state index in [0.717, 1.165) is 18.5 Å². The molecule has 0 bridgehead atoms. The third kappa shape index (κ3) is 3.36. The number of hydrogen-bond acceptors (Lipinski definition) is 3.